The number of hydrogen-bond donors (Lipinski definition) is 0. The zero-order chi connectivity index (χ0) is 18.4. The summed E-state index contributed by atoms with van der Waals surface area (Å²) in [5.74, 6) is 1.03. The highest BCUT2D eigenvalue weighted by Gasteiger charge is 2.49. The van der Waals surface area contributed by atoms with Gasteiger partial charge in [0.25, 0.3) is 0 Å². The van der Waals surface area contributed by atoms with Crippen LogP contribution in [-0.2, 0) is 14.6 Å². The van der Waals surface area contributed by atoms with Gasteiger partial charge in [-0.3, -0.25) is 9.69 Å². The quantitative estimate of drug-likeness (QED) is 0.822. The van der Waals surface area contributed by atoms with E-state index < -0.39 is 9.84 Å². The van der Waals surface area contributed by atoms with Crippen molar-refractivity contribution < 1.29 is 13.2 Å². The second-order valence-corrected chi connectivity index (χ2v) is 10.2. The van der Waals surface area contributed by atoms with Crippen LogP contribution in [0.1, 0.15) is 39.2 Å². The first-order valence-electron chi connectivity index (χ1n) is 9.04. The Balaban J connectivity index is 1.93. The topological polar surface area (TPSA) is 57.7 Å². The molecule has 0 aromatic heterocycles. The lowest BCUT2D eigenvalue weighted by Gasteiger charge is -2.44. The van der Waals surface area contributed by atoms with Crippen molar-refractivity contribution in [3.8, 4) is 0 Å². The summed E-state index contributed by atoms with van der Waals surface area (Å²) >= 11 is 0. The summed E-state index contributed by atoms with van der Waals surface area (Å²) in [6.07, 6.45) is 0. The summed E-state index contributed by atoms with van der Waals surface area (Å²) in [7, 11) is -3.12. The molecule has 2 saturated heterocycles. The first-order chi connectivity index (χ1) is 11.7. The molecule has 2 fully saturated rings. The van der Waals surface area contributed by atoms with Crippen LogP contribution in [0.2, 0.25) is 0 Å². The summed E-state index contributed by atoms with van der Waals surface area (Å²) in [4.78, 5) is 16.7. The normalized spacial score (nSPS) is 26.5. The number of piperazine rings is 1. The van der Waals surface area contributed by atoms with Gasteiger partial charge in [0.05, 0.1) is 24.1 Å². The molecular formula is C19H28N2O3S. The molecule has 25 heavy (non-hydrogen) atoms. The molecule has 6 heteroatoms. The van der Waals surface area contributed by atoms with E-state index in [1.54, 1.807) is 4.90 Å². The molecule has 5 nitrogen and oxygen atoms in total. The molecule has 1 amide bonds. The summed E-state index contributed by atoms with van der Waals surface area (Å²) in [5, 5.41) is 0. The molecule has 0 saturated carbocycles. The number of rotatable bonds is 4. The molecular weight excluding hydrogens is 336 g/mol. The number of hydrogen-bond acceptors (Lipinski definition) is 4. The van der Waals surface area contributed by atoms with Gasteiger partial charge in [0.15, 0.2) is 9.84 Å². The van der Waals surface area contributed by atoms with E-state index in [-0.39, 0.29) is 29.5 Å². The first kappa shape index (κ1) is 18.4. The van der Waals surface area contributed by atoms with Crippen LogP contribution in [-0.4, -0.2) is 55.9 Å². The number of nitrogens with zero attached hydrogens (tertiary/aromatic N) is 2. The number of amides is 1. The average molecular weight is 365 g/mol. The van der Waals surface area contributed by atoms with Crippen molar-refractivity contribution in [3.05, 3.63) is 29.8 Å². The lowest BCUT2D eigenvalue weighted by Crippen LogP contribution is -2.62. The van der Waals surface area contributed by atoms with Gasteiger partial charge in [0.1, 0.15) is 0 Å². The molecule has 1 aromatic carbocycles. The fourth-order valence-electron chi connectivity index (χ4n) is 3.98. The van der Waals surface area contributed by atoms with Gasteiger partial charge in [0, 0.05) is 18.3 Å². The lowest BCUT2D eigenvalue weighted by molar-refractivity contribution is -0.123. The van der Waals surface area contributed by atoms with E-state index in [9.17, 15) is 13.2 Å². The van der Waals surface area contributed by atoms with Gasteiger partial charge < -0.3 is 4.90 Å². The summed E-state index contributed by atoms with van der Waals surface area (Å²) in [5.41, 5.74) is 2.02. The minimum absolute atomic E-state index is 0.00343. The molecule has 0 unspecified atom stereocenters. The van der Waals surface area contributed by atoms with Crippen LogP contribution < -0.4 is 4.90 Å². The zero-order valence-electron chi connectivity index (χ0n) is 15.5. The third kappa shape index (κ3) is 3.75. The minimum Gasteiger partial charge on any atom is -0.306 e. The van der Waals surface area contributed by atoms with E-state index in [1.165, 1.54) is 5.56 Å². The van der Waals surface area contributed by atoms with Crippen LogP contribution in [0.4, 0.5) is 5.69 Å². The Kier molecular flexibility index (Phi) is 4.95. The predicted molar refractivity (Wildman–Crippen MR) is 101 cm³/mol. The molecule has 0 N–H and O–H groups in total. The zero-order valence-corrected chi connectivity index (χ0v) is 16.3. The van der Waals surface area contributed by atoms with E-state index in [2.05, 4.69) is 32.6 Å². The number of sulfone groups is 1. The number of carbonyl (C=O) groups is 1. The van der Waals surface area contributed by atoms with Crippen molar-refractivity contribution >= 4 is 21.4 Å². The molecule has 2 atom stereocenters. The lowest BCUT2D eigenvalue weighted by atomic mass is 9.99. The van der Waals surface area contributed by atoms with Gasteiger partial charge in [0.2, 0.25) is 5.91 Å². The van der Waals surface area contributed by atoms with Crippen molar-refractivity contribution in [2.24, 2.45) is 5.92 Å². The van der Waals surface area contributed by atoms with Gasteiger partial charge in [-0.2, -0.15) is 0 Å². The van der Waals surface area contributed by atoms with Crippen molar-refractivity contribution in [3.63, 3.8) is 0 Å². The van der Waals surface area contributed by atoms with E-state index in [4.69, 9.17) is 0 Å². The molecule has 2 heterocycles. The first-order valence-corrected chi connectivity index (χ1v) is 10.9. The maximum atomic E-state index is 12.8. The van der Waals surface area contributed by atoms with Crippen molar-refractivity contribution in [2.45, 2.75) is 45.7 Å². The molecule has 138 valence electrons. The van der Waals surface area contributed by atoms with E-state index in [0.29, 0.717) is 18.4 Å². The van der Waals surface area contributed by atoms with Crippen LogP contribution in [0.3, 0.4) is 0 Å². The molecule has 0 radical (unpaired) electrons. The van der Waals surface area contributed by atoms with Gasteiger partial charge in [-0.1, -0.05) is 39.8 Å². The van der Waals surface area contributed by atoms with Gasteiger partial charge in [-0.05, 0) is 29.5 Å². The molecule has 0 bridgehead atoms. The van der Waals surface area contributed by atoms with E-state index in [1.807, 2.05) is 24.3 Å². The maximum absolute atomic E-state index is 12.8. The number of carbonyl (C=O) groups excluding carboxylic acids is 1. The highest BCUT2D eigenvalue weighted by atomic mass is 32.2. The van der Waals surface area contributed by atoms with Gasteiger partial charge in [-0.25, -0.2) is 8.42 Å². The number of fused-ring (bicyclic) bond motifs is 1. The largest absolute Gasteiger partial charge is 0.306 e. The Bertz CT molecular complexity index is 740. The summed E-state index contributed by atoms with van der Waals surface area (Å²) < 4.78 is 24.6. The monoisotopic (exact) mass is 364 g/mol. The highest BCUT2D eigenvalue weighted by molar-refractivity contribution is 7.91. The molecule has 1 aromatic rings. The minimum atomic E-state index is -3.12. The van der Waals surface area contributed by atoms with Crippen LogP contribution >= 0.6 is 0 Å². The molecule has 2 aliphatic rings. The Morgan fingerprint density at radius 2 is 1.64 bits per heavy atom. The van der Waals surface area contributed by atoms with Crippen LogP contribution in [0, 0.1) is 5.92 Å². The third-order valence-corrected chi connectivity index (χ3v) is 6.84. The van der Waals surface area contributed by atoms with E-state index in [0.717, 1.165) is 12.2 Å². The Morgan fingerprint density at radius 3 is 2.20 bits per heavy atom. The second-order valence-electron chi connectivity index (χ2n) is 8.04. The Morgan fingerprint density at radius 1 is 1.04 bits per heavy atom. The number of anilines is 1. The Labute approximate surface area is 150 Å². The molecule has 0 aliphatic carbocycles. The number of benzene rings is 1. The van der Waals surface area contributed by atoms with Gasteiger partial charge >= 0.3 is 0 Å². The second kappa shape index (κ2) is 6.72. The van der Waals surface area contributed by atoms with Crippen molar-refractivity contribution in [1.29, 1.82) is 0 Å². The maximum Gasteiger partial charge on any atom is 0.241 e. The van der Waals surface area contributed by atoms with E-state index >= 15 is 0 Å². The molecule has 0 spiro atoms. The van der Waals surface area contributed by atoms with Crippen molar-refractivity contribution in [2.75, 3.05) is 29.5 Å². The van der Waals surface area contributed by atoms with Gasteiger partial charge in [-0.15, -0.1) is 0 Å². The average Bonchev–Trinajstić information content (AvgIpc) is 2.82. The fourth-order valence-corrected chi connectivity index (χ4v) is 5.96. The fraction of sp³-hybridized carbons (Fsp3) is 0.632. The van der Waals surface area contributed by atoms with Crippen LogP contribution in [0.15, 0.2) is 24.3 Å². The van der Waals surface area contributed by atoms with Crippen LogP contribution in [0.25, 0.3) is 0 Å². The molecule has 3 rings (SSSR count). The summed E-state index contributed by atoms with van der Waals surface area (Å²) in [6, 6.07) is 7.59. The third-order valence-electron chi connectivity index (χ3n) is 5.14. The van der Waals surface area contributed by atoms with Crippen molar-refractivity contribution in [1.82, 2.24) is 4.90 Å². The molecule has 2 aliphatic heterocycles. The summed E-state index contributed by atoms with van der Waals surface area (Å²) in [6.45, 7) is 9.50. The standard InChI is InChI=1S/C19H28N2O3S/c1-13(2)9-20-10-19(22)21(18-12-25(23,24)11-17(18)20)16-7-5-15(6-8-16)14(3)4/h5-8,13-14,17-18H,9-12H2,1-4H3/t17-,18+/m0/s1. The van der Waals surface area contributed by atoms with Crippen LogP contribution in [0.5, 0.6) is 0 Å². The SMILES string of the molecule is CC(C)CN1CC(=O)N(c2ccc(C(C)C)cc2)[C@@H]2CS(=O)(=O)C[C@@H]21. The smallest absolute Gasteiger partial charge is 0.241 e. The highest BCUT2D eigenvalue weighted by Crippen LogP contribution is 2.32. The Hall–Kier alpha value is -1.40. The predicted octanol–water partition coefficient (Wildman–Crippen LogP) is 2.28.